The fourth-order valence-electron chi connectivity index (χ4n) is 0.896. The summed E-state index contributed by atoms with van der Waals surface area (Å²) in [5.74, 6) is -0.138. The van der Waals surface area contributed by atoms with Crippen LogP contribution >= 0.6 is 23.2 Å². The van der Waals surface area contributed by atoms with Crippen molar-refractivity contribution in [2.24, 2.45) is 5.16 Å². The van der Waals surface area contributed by atoms with Crippen LogP contribution in [0.3, 0.4) is 0 Å². The molecule has 0 atom stereocenters. The number of oxime groups is 1. The molecule has 0 unspecified atom stereocenters. The maximum absolute atomic E-state index is 9.44. The predicted octanol–water partition coefficient (Wildman–Crippen LogP) is 2.90. The molecule has 1 aromatic carbocycles. The third-order valence-corrected chi connectivity index (χ3v) is 2.07. The maximum atomic E-state index is 9.44. The average molecular weight is 220 g/mol. The molecule has 1 aromatic rings. The maximum Gasteiger partial charge on any atom is 0.143 e. The minimum absolute atomic E-state index is 0.130. The van der Waals surface area contributed by atoms with Gasteiger partial charge in [-0.05, 0) is 19.1 Å². The van der Waals surface area contributed by atoms with Crippen molar-refractivity contribution in [1.29, 1.82) is 0 Å². The largest absolute Gasteiger partial charge is 0.506 e. The van der Waals surface area contributed by atoms with E-state index >= 15 is 0 Å². The molecular weight excluding hydrogens is 213 g/mol. The van der Waals surface area contributed by atoms with E-state index in [1.807, 2.05) is 0 Å². The summed E-state index contributed by atoms with van der Waals surface area (Å²) in [7, 11) is 0. The number of rotatable bonds is 1. The Balaban J connectivity index is 3.37. The molecule has 3 nitrogen and oxygen atoms in total. The molecule has 0 aliphatic rings. The van der Waals surface area contributed by atoms with E-state index in [4.69, 9.17) is 28.4 Å². The first-order valence-electron chi connectivity index (χ1n) is 3.43. The number of aromatic hydroxyl groups is 1. The number of nitrogens with zero attached hydrogens (tertiary/aromatic N) is 1. The van der Waals surface area contributed by atoms with Crippen molar-refractivity contribution < 1.29 is 10.3 Å². The number of hydrogen-bond donors (Lipinski definition) is 2. The van der Waals surface area contributed by atoms with E-state index in [0.717, 1.165) is 0 Å². The number of phenols is 1. The standard InChI is InChI=1S/C8H7Cl2NO2/c1-4(11-13)6-2-5(9)3-7(10)8(6)12/h2-3,12-13H,1H3/b11-4+. The topological polar surface area (TPSA) is 52.8 Å². The second-order valence-corrected chi connectivity index (χ2v) is 3.31. The van der Waals surface area contributed by atoms with E-state index in [1.165, 1.54) is 19.1 Å². The number of benzene rings is 1. The van der Waals surface area contributed by atoms with Crippen molar-refractivity contribution in [2.75, 3.05) is 0 Å². The van der Waals surface area contributed by atoms with Crippen LogP contribution in [0.25, 0.3) is 0 Å². The molecule has 0 bridgehead atoms. The highest BCUT2D eigenvalue weighted by Crippen LogP contribution is 2.31. The lowest BCUT2D eigenvalue weighted by Gasteiger charge is -2.04. The Morgan fingerprint density at radius 1 is 1.38 bits per heavy atom. The third-order valence-electron chi connectivity index (χ3n) is 1.57. The van der Waals surface area contributed by atoms with Crippen molar-refractivity contribution in [3.05, 3.63) is 27.7 Å². The number of phenolic OH excluding ortho intramolecular Hbond substituents is 1. The molecular formula is C8H7Cl2NO2. The first-order valence-corrected chi connectivity index (χ1v) is 4.19. The smallest absolute Gasteiger partial charge is 0.143 e. The lowest BCUT2D eigenvalue weighted by molar-refractivity contribution is 0.318. The molecule has 0 aliphatic heterocycles. The average Bonchev–Trinajstić information content (AvgIpc) is 2.10. The van der Waals surface area contributed by atoms with Gasteiger partial charge in [-0.2, -0.15) is 0 Å². The van der Waals surface area contributed by atoms with Crippen LogP contribution in [-0.2, 0) is 0 Å². The summed E-state index contributed by atoms with van der Waals surface area (Å²) >= 11 is 11.3. The highest BCUT2D eigenvalue weighted by atomic mass is 35.5. The van der Waals surface area contributed by atoms with Crippen LogP contribution in [-0.4, -0.2) is 16.0 Å². The molecule has 0 saturated carbocycles. The summed E-state index contributed by atoms with van der Waals surface area (Å²) in [5, 5.41) is 21.4. The Morgan fingerprint density at radius 2 is 2.00 bits per heavy atom. The molecule has 13 heavy (non-hydrogen) atoms. The van der Waals surface area contributed by atoms with Crippen molar-refractivity contribution in [3.8, 4) is 5.75 Å². The van der Waals surface area contributed by atoms with Crippen molar-refractivity contribution in [2.45, 2.75) is 6.92 Å². The normalized spacial score (nSPS) is 11.8. The molecule has 0 amide bonds. The summed E-state index contributed by atoms with van der Waals surface area (Å²) in [4.78, 5) is 0. The van der Waals surface area contributed by atoms with Crippen LogP contribution in [0, 0.1) is 0 Å². The van der Waals surface area contributed by atoms with Gasteiger partial charge in [0.05, 0.1) is 10.7 Å². The van der Waals surface area contributed by atoms with Gasteiger partial charge < -0.3 is 10.3 Å². The van der Waals surface area contributed by atoms with Gasteiger partial charge in [-0.3, -0.25) is 0 Å². The summed E-state index contributed by atoms with van der Waals surface area (Å²) in [6, 6.07) is 2.88. The number of halogens is 2. The Labute approximate surface area is 85.2 Å². The quantitative estimate of drug-likeness (QED) is 0.434. The van der Waals surface area contributed by atoms with E-state index in [-0.39, 0.29) is 16.5 Å². The van der Waals surface area contributed by atoms with Gasteiger partial charge in [-0.1, -0.05) is 28.4 Å². The van der Waals surface area contributed by atoms with E-state index in [1.54, 1.807) is 0 Å². The van der Waals surface area contributed by atoms with Gasteiger partial charge >= 0.3 is 0 Å². The van der Waals surface area contributed by atoms with Crippen LogP contribution in [0.5, 0.6) is 5.75 Å². The van der Waals surface area contributed by atoms with Gasteiger partial charge in [0.25, 0.3) is 0 Å². The van der Waals surface area contributed by atoms with Crippen LogP contribution in [0.4, 0.5) is 0 Å². The zero-order valence-corrected chi connectivity index (χ0v) is 8.26. The van der Waals surface area contributed by atoms with Gasteiger partial charge in [0.1, 0.15) is 5.75 Å². The Bertz CT molecular complexity index is 363. The van der Waals surface area contributed by atoms with Gasteiger partial charge in [0.15, 0.2) is 0 Å². The highest BCUT2D eigenvalue weighted by Gasteiger charge is 2.10. The Hall–Kier alpha value is -0.930. The van der Waals surface area contributed by atoms with Crippen LogP contribution in [0.15, 0.2) is 17.3 Å². The summed E-state index contributed by atoms with van der Waals surface area (Å²) < 4.78 is 0. The lowest BCUT2D eigenvalue weighted by Crippen LogP contribution is -1.95. The first kappa shape index (κ1) is 10.2. The van der Waals surface area contributed by atoms with E-state index < -0.39 is 0 Å². The predicted molar refractivity (Wildman–Crippen MR) is 52.1 cm³/mol. The number of hydrogen-bond acceptors (Lipinski definition) is 3. The molecule has 0 aliphatic carbocycles. The summed E-state index contributed by atoms with van der Waals surface area (Å²) in [6.45, 7) is 1.53. The van der Waals surface area contributed by atoms with Crippen molar-refractivity contribution in [3.63, 3.8) is 0 Å². The fraction of sp³-hybridized carbons (Fsp3) is 0.125. The van der Waals surface area contributed by atoms with Crippen LogP contribution in [0.1, 0.15) is 12.5 Å². The van der Waals surface area contributed by atoms with E-state index in [0.29, 0.717) is 10.6 Å². The molecule has 1 rings (SSSR count). The third kappa shape index (κ3) is 2.05. The zero-order valence-electron chi connectivity index (χ0n) is 6.75. The van der Waals surface area contributed by atoms with Gasteiger partial charge in [-0.25, -0.2) is 0 Å². The first-order chi connectivity index (χ1) is 6.06. The summed E-state index contributed by atoms with van der Waals surface area (Å²) in [5.41, 5.74) is 0.571. The van der Waals surface area contributed by atoms with Crippen LogP contribution < -0.4 is 0 Å². The Morgan fingerprint density at radius 3 is 2.54 bits per heavy atom. The zero-order chi connectivity index (χ0) is 10.0. The molecule has 0 radical (unpaired) electrons. The van der Waals surface area contributed by atoms with Gasteiger partial charge in [0.2, 0.25) is 0 Å². The SMILES string of the molecule is C/C(=N\O)c1cc(Cl)cc(Cl)c1O. The van der Waals surface area contributed by atoms with Crippen molar-refractivity contribution in [1.82, 2.24) is 0 Å². The molecule has 2 N–H and O–H groups in total. The lowest BCUT2D eigenvalue weighted by atomic mass is 10.1. The van der Waals surface area contributed by atoms with E-state index in [9.17, 15) is 5.11 Å². The van der Waals surface area contributed by atoms with Crippen LogP contribution in [0.2, 0.25) is 10.0 Å². The minimum Gasteiger partial charge on any atom is -0.506 e. The molecule has 5 heteroatoms. The molecule has 70 valence electrons. The minimum atomic E-state index is -0.138. The molecule has 0 aromatic heterocycles. The van der Waals surface area contributed by atoms with E-state index in [2.05, 4.69) is 5.16 Å². The fourth-order valence-corrected chi connectivity index (χ4v) is 1.39. The van der Waals surface area contributed by atoms with Gasteiger partial charge in [0, 0.05) is 10.6 Å². The summed E-state index contributed by atoms with van der Waals surface area (Å²) in [6.07, 6.45) is 0. The molecule has 0 fully saturated rings. The molecule has 0 heterocycles. The van der Waals surface area contributed by atoms with Crippen molar-refractivity contribution >= 4 is 28.9 Å². The second-order valence-electron chi connectivity index (χ2n) is 2.47. The second kappa shape index (κ2) is 3.85. The highest BCUT2D eigenvalue weighted by molar-refractivity contribution is 6.36. The molecule has 0 spiro atoms. The molecule has 0 saturated heterocycles. The monoisotopic (exact) mass is 219 g/mol. The Kier molecular flexibility index (Phi) is 3.01. The van der Waals surface area contributed by atoms with Gasteiger partial charge in [-0.15, -0.1) is 0 Å².